The Kier molecular flexibility index (Phi) is 4.19. The largest absolute Gasteiger partial charge is 0.481 e. The SMILES string of the molecule is COc1ccc(-c2ccc3c(c2)CCN3C(=O)C2(F)CCN(C#N)C2)cn1. The predicted octanol–water partition coefficient (Wildman–Crippen LogP) is 2.54. The van der Waals surface area contributed by atoms with E-state index in [4.69, 9.17) is 10.00 Å². The van der Waals surface area contributed by atoms with Crippen LogP contribution < -0.4 is 9.64 Å². The van der Waals surface area contributed by atoms with Gasteiger partial charge in [0.15, 0.2) is 6.19 Å². The van der Waals surface area contributed by atoms with Gasteiger partial charge < -0.3 is 14.5 Å². The standard InChI is InChI=1S/C20H19FN4O2/c1-27-18-5-3-16(11-23-18)14-2-4-17-15(10-14)6-8-25(17)19(26)20(21)7-9-24(12-20)13-22/h2-5,10-11H,6-9,12H2,1H3. The number of nitriles is 1. The van der Waals surface area contributed by atoms with Gasteiger partial charge in [-0.05, 0) is 35.7 Å². The lowest BCUT2D eigenvalue weighted by Crippen LogP contribution is -2.47. The van der Waals surface area contributed by atoms with Crippen LogP contribution in [0.15, 0.2) is 36.5 Å². The zero-order chi connectivity index (χ0) is 19.0. The molecule has 0 saturated carbocycles. The van der Waals surface area contributed by atoms with E-state index in [0.717, 1.165) is 22.4 Å². The zero-order valence-electron chi connectivity index (χ0n) is 15.0. The molecule has 2 aliphatic heterocycles. The van der Waals surface area contributed by atoms with E-state index in [1.807, 2.05) is 30.5 Å². The number of nitrogens with zero attached hydrogens (tertiary/aromatic N) is 4. The molecule has 1 unspecified atom stereocenters. The van der Waals surface area contributed by atoms with Gasteiger partial charge in [-0.25, -0.2) is 9.37 Å². The highest BCUT2D eigenvalue weighted by atomic mass is 19.1. The number of rotatable bonds is 3. The molecule has 1 fully saturated rings. The average Bonchev–Trinajstić information content (AvgIpc) is 3.31. The van der Waals surface area contributed by atoms with Gasteiger partial charge in [0.1, 0.15) is 0 Å². The summed E-state index contributed by atoms with van der Waals surface area (Å²) in [6.07, 6.45) is 4.40. The van der Waals surface area contributed by atoms with Gasteiger partial charge in [0.2, 0.25) is 11.5 Å². The number of halogens is 1. The first kappa shape index (κ1) is 17.3. The quantitative estimate of drug-likeness (QED) is 0.781. The molecular formula is C20H19FN4O2. The molecule has 1 atom stereocenters. The summed E-state index contributed by atoms with van der Waals surface area (Å²) >= 11 is 0. The summed E-state index contributed by atoms with van der Waals surface area (Å²) in [6, 6.07) is 9.52. The number of hydrogen-bond acceptors (Lipinski definition) is 5. The van der Waals surface area contributed by atoms with Gasteiger partial charge in [0.25, 0.3) is 5.91 Å². The molecule has 0 bridgehead atoms. The number of likely N-dealkylation sites (tertiary alicyclic amines) is 1. The Morgan fingerprint density at radius 1 is 1.30 bits per heavy atom. The number of anilines is 1. The second-order valence-electron chi connectivity index (χ2n) is 6.88. The summed E-state index contributed by atoms with van der Waals surface area (Å²) in [5.74, 6) is 0.00534. The second-order valence-corrected chi connectivity index (χ2v) is 6.88. The monoisotopic (exact) mass is 366 g/mol. The third kappa shape index (κ3) is 2.97. The van der Waals surface area contributed by atoms with E-state index in [1.165, 1.54) is 9.80 Å². The number of carbonyl (C=O) groups is 1. The minimum Gasteiger partial charge on any atom is -0.481 e. The lowest BCUT2D eigenvalue weighted by molar-refractivity contribution is -0.129. The van der Waals surface area contributed by atoms with Crippen molar-refractivity contribution in [3.05, 3.63) is 42.1 Å². The molecule has 2 aromatic rings. The third-order valence-electron chi connectivity index (χ3n) is 5.24. The van der Waals surface area contributed by atoms with Crippen molar-refractivity contribution in [1.29, 1.82) is 5.26 Å². The molecule has 0 radical (unpaired) electrons. The van der Waals surface area contributed by atoms with E-state index in [2.05, 4.69) is 4.98 Å². The summed E-state index contributed by atoms with van der Waals surface area (Å²) in [5.41, 5.74) is 1.71. The minimum absolute atomic E-state index is 0.0564. The van der Waals surface area contributed by atoms with Gasteiger partial charge in [-0.1, -0.05) is 6.07 Å². The average molecular weight is 366 g/mol. The lowest BCUT2D eigenvalue weighted by Gasteiger charge is -2.25. The van der Waals surface area contributed by atoms with Crippen molar-refractivity contribution in [3.8, 4) is 23.2 Å². The fraction of sp³-hybridized carbons (Fsp3) is 0.350. The molecule has 7 heteroatoms. The van der Waals surface area contributed by atoms with Crippen LogP contribution in [0, 0.1) is 11.5 Å². The van der Waals surface area contributed by atoms with Gasteiger partial charge in [-0.15, -0.1) is 0 Å². The summed E-state index contributed by atoms with van der Waals surface area (Å²) in [4.78, 5) is 19.8. The fourth-order valence-electron chi connectivity index (χ4n) is 3.74. The normalized spacial score (nSPS) is 21.1. The van der Waals surface area contributed by atoms with Gasteiger partial charge in [0, 0.05) is 43.0 Å². The summed E-state index contributed by atoms with van der Waals surface area (Å²) < 4.78 is 20.2. The molecule has 1 amide bonds. The van der Waals surface area contributed by atoms with Crippen LogP contribution in [0.1, 0.15) is 12.0 Å². The molecular weight excluding hydrogens is 347 g/mol. The highest BCUT2D eigenvalue weighted by Gasteiger charge is 2.48. The molecule has 4 rings (SSSR count). The molecule has 1 aromatic heterocycles. The molecule has 3 heterocycles. The van der Waals surface area contributed by atoms with E-state index in [1.54, 1.807) is 19.4 Å². The number of amides is 1. The minimum atomic E-state index is -1.99. The Balaban J connectivity index is 1.58. The molecule has 1 saturated heterocycles. The van der Waals surface area contributed by atoms with Crippen molar-refractivity contribution >= 4 is 11.6 Å². The topological polar surface area (TPSA) is 69.5 Å². The Morgan fingerprint density at radius 2 is 2.11 bits per heavy atom. The van der Waals surface area contributed by atoms with Crippen LogP contribution in [0.5, 0.6) is 5.88 Å². The third-order valence-corrected chi connectivity index (χ3v) is 5.24. The number of alkyl halides is 1. The fourth-order valence-corrected chi connectivity index (χ4v) is 3.74. The summed E-state index contributed by atoms with van der Waals surface area (Å²) in [6.45, 7) is 0.573. The van der Waals surface area contributed by atoms with Gasteiger partial charge in [-0.3, -0.25) is 4.79 Å². The zero-order valence-corrected chi connectivity index (χ0v) is 15.0. The summed E-state index contributed by atoms with van der Waals surface area (Å²) in [5, 5.41) is 8.95. The maximum Gasteiger partial charge on any atom is 0.266 e. The van der Waals surface area contributed by atoms with Crippen molar-refractivity contribution in [2.45, 2.75) is 18.5 Å². The van der Waals surface area contributed by atoms with Crippen molar-refractivity contribution < 1.29 is 13.9 Å². The molecule has 27 heavy (non-hydrogen) atoms. The highest BCUT2D eigenvalue weighted by Crippen LogP contribution is 2.36. The Hall–Kier alpha value is -3.14. The Bertz CT molecular complexity index is 925. The number of fused-ring (bicyclic) bond motifs is 1. The molecule has 138 valence electrons. The maximum absolute atomic E-state index is 15.1. The Labute approximate surface area is 156 Å². The number of hydrogen-bond donors (Lipinski definition) is 0. The second kappa shape index (κ2) is 6.54. The van der Waals surface area contributed by atoms with E-state index in [0.29, 0.717) is 18.8 Å². The van der Waals surface area contributed by atoms with Gasteiger partial charge in [0.05, 0.1) is 13.7 Å². The van der Waals surface area contributed by atoms with Gasteiger partial charge >= 0.3 is 0 Å². The summed E-state index contributed by atoms with van der Waals surface area (Å²) in [7, 11) is 1.57. The maximum atomic E-state index is 15.1. The molecule has 0 aliphatic carbocycles. The molecule has 0 spiro atoms. The van der Waals surface area contributed by atoms with Crippen molar-refractivity contribution in [3.63, 3.8) is 0 Å². The number of ether oxygens (including phenoxy) is 1. The van der Waals surface area contributed by atoms with Crippen LogP contribution in [0.2, 0.25) is 0 Å². The van der Waals surface area contributed by atoms with Crippen LogP contribution in [0.4, 0.5) is 10.1 Å². The molecule has 1 aromatic carbocycles. The van der Waals surface area contributed by atoms with Crippen LogP contribution in [-0.2, 0) is 11.2 Å². The van der Waals surface area contributed by atoms with E-state index >= 15 is 4.39 Å². The van der Waals surface area contributed by atoms with Crippen molar-refractivity contribution in [2.24, 2.45) is 0 Å². The first-order chi connectivity index (χ1) is 13.0. The number of aromatic nitrogens is 1. The van der Waals surface area contributed by atoms with E-state index in [9.17, 15) is 4.79 Å². The van der Waals surface area contributed by atoms with Crippen LogP contribution in [0.25, 0.3) is 11.1 Å². The number of carbonyl (C=O) groups excluding carboxylic acids is 1. The van der Waals surface area contributed by atoms with Crippen molar-refractivity contribution in [2.75, 3.05) is 31.6 Å². The van der Waals surface area contributed by atoms with Crippen LogP contribution >= 0.6 is 0 Å². The van der Waals surface area contributed by atoms with Crippen molar-refractivity contribution in [1.82, 2.24) is 9.88 Å². The van der Waals surface area contributed by atoms with Gasteiger partial charge in [-0.2, -0.15) is 5.26 Å². The number of pyridine rings is 1. The molecule has 6 nitrogen and oxygen atoms in total. The Morgan fingerprint density at radius 3 is 2.78 bits per heavy atom. The predicted molar refractivity (Wildman–Crippen MR) is 97.9 cm³/mol. The number of benzene rings is 1. The van der Waals surface area contributed by atoms with Crippen LogP contribution in [-0.4, -0.2) is 48.2 Å². The smallest absolute Gasteiger partial charge is 0.266 e. The highest BCUT2D eigenvalue weighted by molar-refractivity contribution is 6.01. The first-order valence-electron chi connectivity index (χ1n) is 8.83. The number of methoxy groups -OCH3 is 1. The van der Waals surface area contributed by atoms with Crippen LogP contribution in [0.3, 0.4) is 0 Å². The van der Waals surface area contributed by atoms with E-state index in [-0.39, 0.29) is 19.5 Å². The molecule has 0 N–H and O–H groups in total. The molecule has 2 aliphatic rings. The van der Waals surface area contributed by atoms with E-state index < -0.39 is 11.6 Å². The lowest BCUT2D eigenvalue weighted by atomic mass is 10.0. The first-order valence-corrected chi connectivity index (χ1v) is 8.83.